The molecule has 1 fully saturated rings. The molecule has 0 heterocycles. The third-order valence-electron chi connectivity index (χ3n) is 5.07. The molecule has 2 aromatic carbocycles. The van der Waals surface area contributed by atoms with Crippen LogP contribution in [0.25, 0.3) is 0 Å². The molecule has 1 saturated carbocycles. The molecule has 2 aromatic rings. The van der Waals surface area contributed by atoms with Crippen molar-refractivity contribution >= 4 is 0 Å². The van der Waals surface area contributed by atoms with Crippen molar-refractivity contribution in [2.75, 3.05) is 6.54 Å². The largest absolute Gasteiger partial charge is 0.508 e. The Morgan fingerprint density at radius 1 is 1.05 bits per heavy atom. The number of phenolic OH excluding ortho intramolecular Hbond substituents is 1. The average Bonchev–Trinajstić information content (AvgIpc) is 2.51. The summed E-state index contributed by atoms with van der Waals surface area (Å²) in [6.07, 6.45) is 4.94. The zero-order valence-corrected chi connectivity index (χ0v) is 13.3. The number of para-hydroxylation sites is 1. The van der Waals surface area contributed by atoms with E-state index >= 15 is 0 Å². The number of hydrogen-bond donors (Lipinski definition) is 2. The zero-order chi connectivity index (χ0) is 15.4. The molecule has 0 amide bonds. The molecule has 0 aromatic heterocycles. The molecule has 1 unspecified atom stereocenters. The highest BCUT2D eigenvalue weighted by atomic mass is 16.3. The van der Waals surface area contributed by atoms with Gasteiger partial charge in [0.1, 0.15) is 5.75 Å². The first-order valence-corrected chi connectivity index (χ1v) is 8.27. The van der Waals surface area contributed by atoms with E-state index in [9.17, 15) is 5.11 Å². The third kappa shape index (κ3) is 3.02. The van der Waals surface area contributed by atoms with Crippen LogP contribution in [0.3, 0.4) is 0 Å². The van der Waals surface area contributed by atoms with Crippen LogP contribution in [0.1, 0.15) is 43.7 Å². The van der Waals surface area contributed by atoms with Crippen LogP contribution in [-0.2, 0) is 5.41 Å². The minimum Gasteiger partial charge on any atom is -0.508 e. The monoisotopic (exact) mass is 295 g/mol. The van der Waals surface area contributed by atoms with Crippen LogP contribution in [0.4, 0.5) is 0 Å². The number of hydrogen-bond acceptors (Lipinski definition) is 2. The lowest BCUT2D eigenvalue weighted by molar-refractivity contribution is 0.326. The lowest BCUT2D eigenvalue weighted by Crippen LogP contribution is -2.38. The molecule has 0 spiro atoms. The molecule has 1 aliphatic carbocycles. The predicted octanol–water partition coefficient (Wildman–Crippen LogP) is 4.23. The van der Waals surface area contributed by atoms with E-state index in [-0.39, 0.29) is 5.41 Å². The third-order valence-corrected chi connectivity index (χ3v) is 5.07. The van der Waals surface area contributed by atoms with Crippen molar-refractivity contribution in [2.45, 2.75) is 44.1 Å². The van der Waals surface area contributed by atoms with Crippen molar-refractivity contribution in [1.29, 1.82) is 0 Å². The Morgan fingerprint density at radius 2 is 1.73 bits per heavy atom. The maximum atomic E-state index is 10.4. The molecule has 116 valence electrons. The van der Waals surface area contributed by atoms with Crippen molar-refractivity contribution in [3.63, 3.8) is 0 Å². The van der Waals surface area contributed by atoms with Gasteiger partial charge in [-0.15, -0.1) is 0 Å². The maximum Gasteiger partial charge on any atom is 0.119 e. The summed E-state index contributed by atoms with van der Waals surface area (Å²) >= 11 is 0. The molecular formula is C20H25NO. The SMILES string of the molecule is CC(CCNC1CCC1)(c1ccccc1)c1ccccc1O. The number of phenols is 1. The van der Waals surface area contributed by atoms with Gasteiger partial charge in [-0.3, -0.25) is 0 Å². The van der Waals surface area contributed by atoms with Crippen molar-refractivity contribution in [1.82, 2.24) is 5.32 Å². The van der Waals surface area contributed by atoms with Gasteiger partial charge >= 0.3 is 0 Å². The number of aromatic hydroxyl groups is 1. The van der Waals surface area contributed by atoms with Crippen LogP contribution in [0, 0.1) is 0 Å². The molecule has 2 heteroatoms. The van der Waals surface area contributed by atoms with Crippen molar-refractivity contribution in [2.24, 2.45) is 0 Å². The Bertz CT molecular complexity index is 606. The standard InChI is InChI=1S/C20H25NO/c1-20(16-8-3-2-4-9-16,14-15-21-17-10-7-11-17)18-12-5-6-13-19(18)22/h2-6,8-9,12-13,17,21-22H,7,10-11,14-15H2,1H3. The lowest BCUT2D eigenvalue weighted by atomic mass is 9.73. The van der Waals surface area contributed by atoms with E-state index in [0.29, 0.717) is 11.8 Å². The number of nitrogens with one attached hydrogen (secondary N) is 1. The molecule has 2 nitrogen and oxygen atoms in total. The molecule has 3 rings (SSSR count). The van der Waals surface area contributed by atoms with E-state index in [4.69, 9.17) is 0 Å². The van der Waals surface area contributed by atoms with Crippen molar-refractivity contribution in [3.8, 4) is 5.75 Å². The van der Waals surface area contributed by atoms with Gasteiger partial charge in [-0.05, 0) is 37.4 Å². The summed E-state index contributed by atoms with van der Waals surface area (Å²) in [5, 5.41) is 14.0. The van der Waals surface area contributed by atoms with E-state index < -0.39 is 0 Å². The molecule has 0 saturated heterocycles. The molecule has 1 atom stereocenters. The molecule has 1 aliphatic rings. The summed E-state index contributed by atoms with van der Waals surface area (Å²) in [7, 11) is 0. The fraction of sp³-hybridized carbons (Fsp3) is 0.400. The highest BCUT2D eigenvalue weighted by Gasteiger charge is 2.31. The minimum absolute atomic E-state index is 0.177. The van der Waals surface area contributed by atoms with Crippen LogP contribution < -0.4 is 5.32 Å². The minimum atomic E-state index is -0.177. The topological polar surface area (TPSA) is 32.3 Å². The highest BCUT2D eigenvalue weighted by molar-refractivity contribution is 5.45. The van der Waals surface area contributed by atoms with Gasteiger partial charge in [-0.2, -0.15) is 0 Å². The second kappa shape index (κ2) is 6.53. The Hall–Kier alpha value is -1.80. The second-order valence-electron chi connectivity index (χ2n) is 6.55. The van der Waals surface area contributed by atoms with Crippen LogP contribution in [0.2, 0.25) is 0 Å². The summed E-state index contributed by atoms with van der Waals surface area (Å²) in [4.78, 5) is 0. The van der Waals surface area contributed by atoms with Gasteiger partial charge < -0.3 is 10.4 Å². The van der Waals surface area contributed by atoms with Crippen molar-refractivity contribution in [3.05, 3.63) is 65.7 Å². The first-order valence-electron chi connectivity index (χ1n) is 8.27. The summed E-state index contributed by atoms with van der Waals surface area (Å²) < 4.78 is 0. The zero-order valence-electron chi connectivity index (χ0n) is 13.3. The van der Waals surface area contributed by atoms with Crippen LogP contribution in [-0.4, -0.2) is 17.7 Å². The van der Waals surface area contributed by atoms with E-state index in [2.05, 4.69) is 36.5 Å². The first kappa shape index (κ1) is 15.1. The lowest BCUT2D eigenvalue weighted by Gasteiger charge is -2.34. The summed E-state index contributed by atoms with van der Waals surface area (Å²) in [5.41, 5.74) is 2.09. The molecule has 22 heavy (non-hydrogen) atoms. The second-order valence-corrected chi connectivity index (χ2v) is 6.55. The summed E-state index contributed by atoms with van der Waals surface area (Å²) in [6, 6.07) is 18.9. The Balaban J connectivity index is 1.86. The Morgan fingerprint density at radius 3 is 2.36 bits per heavy atom. The average molecular weight is 295 g/mol. The molecule has 0 radical (unpaired) electrons. The highest BCUT2D eigenvalue weighted by Crippen LogP contribution is 2.39. The molecule has 0 aliphatic heterocycles. The van der Waals surface area contributed by atoms with Gasteiger partial charge in [0, 0.05) is 17.0 Å². The van der Waals surface area contributed by atoms with Gasteiger partial charge in [0.25, 0.3) is 0 Å². The predicted molar refractivity (Wildman–Crippen MR) is 91.3 cm³/mol. The summed E-state index contributed by atoms with van der Waals surface area (Å²) in [5.74, 6) is 0.387. The Labute approximate surface area is 133 Å². The van der Waals surface area contributed by atoms with Gasteiger partial charge in [0.2, 0.25) is 0 Å². The fourth-order valence-electron chi connectivity index (χ4n) is 3.32. The van der Waals surface area contributed by atoms with Gasteiger partial charge in [-0.25, -0.2) is 0 Å². The van der Waals surface area contributed by atoms with Crippen LogP contribution in [0.5, 0.6) is 5.75 Å². The summed E-state index contributed by atoms with van der Waals surface area (Å²) in [6.45, 7) is 3.21. The molecule has 0 bridgehead atoms. The maximum absolute atomic E-state index is 10.4. The molecule has 2 N–H and O–H groups in total. The quantitative estimate of drug-likeness (QED) is 0.836. The van der Waals surface area contributed by atoms with E-state index in [1.54, 1.807) is 6.07 Å². The van der Waals surface area contributed by atoms with Gasteiger partial charge in [0.05, 0.1) is 0 Å². The number of rotatable bonds is 6. The van der Waals surface area contributed by atoms with Gasteiger partial charge in [-0.1, -0.05) is 61.9 Å². The smallest absolute Gasteiger partial charge is 0.119 e. The Kier molecular flexibility index (Phi) is 4.49. The van der Waals surface area contributed by atoms with Crippen LogP contribution in [0.15, 0.2) is 54.6 Å². The van der Waals surface area contributed by atoms with E-state index in [0.717, 1.165) is 18.5 Å². The van der Waals surface area contributed by atoms with Crippen molar-refractivity contribution < 1.29 is 5.11 Å². The van der Waals surface area contributed by atoms with E-state index in [1.165, 1.54) is 24.8 Å². The van der Waals surface area contributed by atoms with Gasteiger partial charge in [0.15, 0.2) is 0 Å². The molecular weight excluding hydrogens is 270 g/mol. The number of benzene rings is 2. The van der Waals surface area contributed by atoms with E-state index in [1.807, 2.05) is 24.3 Å². The fourth-order valence-corrected chi connectivity index (χ4v) is 3.32. The first-order chi connectivity index (χ1) is 10.7. The van der Waals surface area contributed by atoms with Crippen LogP contribution >= 0.6 is 0 Å². The normalized spacial score (nSPS) is 17.7.